The van der Waals surface area contributed by atoms with Crippen LogP contribution in [0.4, 0.5) is 0 Å². The number of morpholine rings is 1. The Kier molecular flexibility index (Phi) is 5.64. The van der Waals surface area contributed by atoms with Crippen LogP contribution in [0.1, 0.15) is 36.8 Å². The van der Waals surface area contributed by atoms with E-state index >= 15 is 0 Å². The van der Waals surface area contributed by atoms with Crippen molar-refractivity contribution in [2.75, 3.05) is 26.2 Å². The Balaban J connectivity index is 1.81. The lowest BCUT2D eigenvalue weighted by Crippen LogP contribution is -2.47. The fourth-order valence-electron chi connectivity index (χ4n) is 2.72. The SMILES string of the molecule is CCc1ncncc1C(=O)NCCN1C[C@@H](C)O[C@@H](C)C1. The van der Waals surface area contributed by atoms with E-state index in [-0.39, 0.29) is 18.1 Å². The number of carbonyl (C=O) groups excluding carboxylic acids is 1. The van der Waals surface area contributed by atoms with E-state index in [0.717, 1.165) is 31.7 Å². The van der Waals surface area contributed by atoms with Gasteiger partial charge in [0.05, 0.1) is 23.5 Å². The molecule has 6 heteroatoms. The second kappa shape index (κ2) is 7.47. The molecule has 1 fully saturated rings. The highest BCUT2D eigenvalue weighted by molar-refractivity contribution is 5.94. The van der Waals surface area contributed by atoms with Crippen molar-refractivity contribution >= 4 is 5.91 Å². The Labute approximate surface area is 125 Å². The van der Waals surface area contributed by atoms with E-state index in [1.165, 1.54) is 6.33 Å². The fraction of sp³-hybridized carbons (Fsp3) is 0.667. The number of nitrogens with zero attached hydrogens (tertiary/aromatic N) is 3. The van der Waals surface area contributed by atoms with Crippen LogP contribution < -0.4 is 5.32 Å². The topological polar surface area (TPSA) is 67.4 Å². The zero-order valence-corrected chi connectivity index (χ0v) is 13.0. The van der Waals surface area contributed by atoms with Crippen LogP contribution in [0.3, 0.4) is 0 Å². The summed E-state index contributed by atoms with van der Waals surface area (Å²) in [4.78, 5) is 22.6. The number of carbonyl (C=O) groups is 1. The van der Waals surface area contributed by atoms with Gasteiger partial charge >= 0.3 is 0 Å². The molecular formula is C15H24N4O2. The van der Waals surface area contributed by atoms with Gasteiger partial charge in [-0.25, -0.2) is 9.97 Å². The van der Waals surface area contributed by atoms with Gasteiger partial charge in [0.2, 0.25) is 0 Å². The fourth-order valence-corrected chi connectivity index (χ4v) is 2.72. The minimum Gasteiger partial charge on any atom is -0.373 e. The quantitative estimate of drug-likeness (QED) is 0.872. The first-order valence-electron chi connectivity index (χ1n) is 7.55. The maximum Gasteiger partial charge on any atom is 0.254 e. The summed E-state index contributed by atoms with van der Waals surface area (Å²) in [6.07, 6.45) is 4.29. The number of amides is 1. The highest BCUT2D eigenvalue weighted by Gasteiger charge is 2.21. The Morgan fingerprint density at radius 1 is 1.43 bits per heavy atom. The van der Waals surface area contributed by atoms with Gasteiger partial charge in [0.1, 0.15) is 6.33 Å². The third kappa shape index (κ3) is 4.47. The number of nitrogens with one attached hydrogen (secondary N) is 1. The summed E-state index contributed by atoms with van der Waals surface area (Å²) < 4.78 is 5.70. The van der Waals surface area contributed by atoms with Crippen molar-refractivity contribution in [3.63, 3.8) is 0 Å². The molecule has 2 rings (SSSR count). The number of ether oxygens (including phenoxy) is 1. The van der Waals surface area contributed by atoms with Gasteiger partial charge in [0.15, 0.2) is 0 Å². The van der Waals surface area contributed by atoms with Gasteiger partial charge in [-0.1, -0.05) is 6.92 Å². The van der Waals surface area contributed by atoms with Crippen LogP contribution in [0, 0.1) is 0 Å². The lowest BCUT2D eigenvalue weighted by atomic mass is 10.2. The molecule has 1 amide bonds. The maximum atomic E-state index is 12.2. The molecule has 2 heterocycles. The molecule has 2 atom stereocenters. The molecule has 1 N–H and O–H groups in total. The molecule has 1 aromatic heterocycles. The predicted octanol–water partition coefficient (Wildman–Crippen LogP) is 0.878. The first-order valence-corrected chi connectivity index (χ1v) is 7.55. The highest BCUT2D eigenvalue weighted by Crippen LogP contribution is 2.09. The molecule has 0 unspecified atom stereocenters. The van der Waals surface area contributed by atoms with E-state index in [1.54, 1.807) is 6.20 Å². The molecule has 1 aliphatic rings. The zero-order chi connectivity index (χ0) is 15.2. The second-order valence-electron chi connectivity index (χ2n) is 5.51. The number of aryl methyl sites for hydroxylation is 1. The van der Waals surface area contributed by atoms with Crippen molar-refractivity contribution < 1.29 is 9.53 Å². The van der Waals surface area contributed by atoms with Crippen LogP contribution in [0.5, 0.6) is 0 Å². The van der Waals surface area contributed by atoms with E-state index in [4.69, 9.17) is 4.74 Å². The molecule has 6 nitrogen and oxygen atoms in total. The highest BCUT2D eigenvalue weighted by atomic mass is 16.5. The number of rotatable bonds is 5. The van der Waals surface area contributed by atoms with Crippen molar-refractivity contribution in [2.45, 2.75) is 39.4 Å². The minimum absolute atomic E-state index is 0.0955. The van der Waals surface area contributed by atoms with Gasteiger partial charge in [-0.05, 0) is 20.3 Å². The molecule has 0 aliphatic carbocycles. The number of hydrogen-bond acceptors (Lipinski definition) is 5. The van der Waals surface area contributed by atoms with Gasteiger partial charge < -0.3 is 10.1 Å². The first kappa shape index (κ1) is 15.9. The van der Waals surface area contributed by atoms with E-state index in [1.807, 2.05) is 6.92 Å². The number of aromatic nitrogens is 2. The van der Waals surface area contributed by atoms with Crippen LogP contribution in [-0.4, -0.2) is 59.2 Å². The molecule has 1 aromatic rings. The molecule has 0 spiro atoms. The molecule has 0 saturated carbocycles. The van der Waals surface area contributed by atoms with E-state index in [9.17, 15) is 4.79 Å². The Morgan fingerprint density at radius 3 is 2.81 bits per heavy atom. The van der Waals surface area contributed by atoms with Gasteiger partial charge in [-0.2, -0.15) is 0 Å². The molecule has 0 radical (unpaired) electrons. The lowest BCUT2D eigenvalue weighted by Gasteiger charge is -2.35. The molecule has 116 valence electrons. The summed E-state index contributed by atoms with van der Waals surface area (Å²) >= 11 is 0. The summed E-state index contributed by atoms with van der Waals surface area (Å²) in [5.41, 5.74) is 1.36. The third-order valence-corrected chi connectivity index (χ3v) is 3.58. The zero-order valence-electron chi connectivity index (χ0n) is 13.0. The minimum atomic E-state index is -0.0955. The van der Waals surface area contributed by atoms with Gasteiger partial charge in [-0.3, -0.25) is 9.69 Å². The standard InChI is InChI=1S/C15H24N4O2/c1-4-14-13(7-16-10-18-14)15(20)17-5-6-19-8-11(2)21-12(3)9-19/h7,10-12H,4-6,8-9H2,1-3H3,(H,17,20)/t11-,12+. The Morgan fingerprint density at radius 2 is 2.14 bits per heavy atom. The predicted molar refractivity (Wildman–Crippen MR) is 80.2 cm³/mol. The average molecular weight is 292 g/mol. The van der Waals surface area contributed by atoms with E-state index in [0.29, 0.717) is 12.1 Å². The molecule has 21 heavy (non-hydrogen) atoms. The van der Waals surface area contributed by atoms with Crippen LogP contribution in [0.25, 0.3) is 0 Å². The van der Waals surface area contributed by atoms with Crippen molar-refractivity contribution in [1.29, 1.82) is 0 Å². The molecule has 0 bridgehead atoms. The average Bonchev–Trinajstić information content (AvgIpc) is 2.46. The molecular weight excluding hydrogens is 268 g/mol. The van der Waals surface area contributed by atoms with Gasteiger partial charge in [0, 0.05) is 32.4 Å². The van der Waals surface area contributed by atoms with Crippen molar-refractivity contribution in [3.8, 4) is 0 Å². The Bertz CT molecular complexity index is 470. The molecule has 1 saturated heterocycles. The molecule has 0 aromatic carbocycles. The Hall–Kier alpha value is -1.53. The summed E-state index contributed by atoms with van der Waals surface area (Å²) in [6.45, 7) is 9.42. The van der Waals surface area contributed by atoms with Crippen LogP contribution in [-0.2, 0) is 11.2 Å². The van der Waals surface area contributed by atoms with Crippen LogP contribution >= 0.6 is 0 Å². The van der Waals surface area contributed by atoms with E-state index in [2.05, 4.69) is 34.0 Å². The van der Waals surface area contributed by atoms with Crippen molar-refractivity contribution in [2.24, 2.45) is 0 Å². The normalized spacial score (nSPS) is 23.0. The smallest absolute Gasteiger partial charge is 0.254 e. The third-order valence-electron chi connectivity index (χ3n) is 3.58. The summed E-state index contributed by atoms with van der Waals surface area (Å²) in [7, 11) is 0. The largest absolute Gasteiger partial charge is 0.373 e. The van der Waals surface area contributed by atoms with Gasteiger partial charge in [0.25, 0.3) is 5.91 Å². The van der Waals surface area contributed by atoms with E-state index < -0.39 is 0 Å². The van der Waals surface area contributed by atoms with Crippen LogP contribution in [0.15, 0.2) is 12.5 Å². The first-order chi connectivity index (χ1) is 10.1. The summed E-state index contributed by atoms with van der Waals surface area (Å²) in [6, 6.07) is 0. The second-order valence-corrected chi connectivity index (χ2v) is 5.51. The lowest BCUT2D eigenvalue weighted by molar-refractivity contribution is -0.0672. The van der Waals surface area contributed by atoms with Gasteiger partial charge in [-0.15, -0.1) is 0 Å². The van der Waals surface area contributed by atoms with Crippen molar-refractivity contribution in [1.82, 2.24) is 20.2 Å². The molecule has 1 aliphatic heterocycles. The van der Waals surface area contributed by atoms with Crippen LogP contribution in [0.2, 0.25) is 0 Å². The van der Waals surface area contributed by atoms with Crippen molar-refractivity contribution in [3.05, 3.63) is 23.8 Å². The summed E-state index contributed by atoms with van der Waals surface area (Å²) in [5.74, 6) is -0.0955. The monoisotopic (exact) mass is 292 g/mol. The number of hydrogen-bond donors (Lipinski definition) is 1. The summed E-state index contributed by atoms with van der Waals surface area (Å²) in [5, 5.41) is 2.95. The maximum absolute atomic E-state index is 12.2.